The maximum absolute atomic E-state index is 15.2. The highest BCUT2D eigenvalue weighted by molar-refractivity contribution is 5.96. The number of hydrogen-bond acceptors (Lipinski definition) is 2. The number of rotatable bonds is 5. The van der Waals surface area contributed by atoms with Gasteiger partial charge < -0.3 is 4.74 Å². The average Bonchev–Trinajstić information content (AvgIpc) is 3.18. The number of ether oxygens (including phenoxy) is 1. The predicted molar refractivity (Wildman–Crippen MR) is 134 cm³/mol. The fourth-order valence-corrected chi connectivity index (χ4v) is 6.56. The van der Waals surface area contributed by atoms with Crippen molar-refractivity contribution >= 4 is 5.90 Å². The Labute approximate surface area is 202 Å². The van der Waals surface area contributed by atoms with Gasteiger partial charge in [-0.2, -0.15) is 0 Å². The van der Waals surface area contributed by atoms with Gasteiger partial charge in [0, 0.05) is 5.56 Å². The minimum Gasteiger partial charge on any atom is -0.475 e. The largest absolute Gasteiger partial charge is 0.475 e. The van der Waals surface area contributed by atoms with Crippen LogP contribution in [0.4, 0.5) is 8.78 Å². The van der Waals surface area contributed by atoms with E-state index in [1.165, 1.54) is 51.0 Å². The van der Waals surface area contributed by atoms with Crippen molar-refractivity contribution in [3.8, 4) is 11.1 Å². The Morgan fingerprint density at radius 2 is 1.65 bits per heavy atom. The second kappa shape index (κ2) is 9.43. The van der Waals surface area contributed by atoms with Gasteiger partial charge in [0.05, 0.1) is 11.1 Å². The van der Waals surface area contributed by atoms with Crippen molar-refractivity contribution in [2.24, 2.45) is 22.7 Å². The lowest BCUT2D eigenvalue weighted by atomic mass is 9.63. The zero-order chi connectivity index (χ0) is 23.9. The molecule has 1 aliphatic heterocycles. The van der Waals surface area contributed by atoms with Crippen molar-refractivity contribution in [2.45, 2.75) is 83.6 Å². The fraction of sp³-hybridized carbons (Fsp3) is 0.567. The Balaban J connectivity index is 1.30. The van der Waals surface area contributed by atoms with E-state index in [9.17, 15) is 4.39 Å². The van der Waals surface area contributed by atoms with Crippen molar-refractivity contribution in [3.05, 3.63) is 59.2 Å². The van der Waals surface area contributed by atoms with Gasteiger partial charge in [-0.15, -0.1) is 0 Å². The Morgan fingerprint density at radius 3 is 2.35 bits per heavy atom. The number of hydrogen-bond donors (Lipinski definition) is 0. The lowest BCUT2D eigenvalue weighted by Gasteiger charge is -2.42. The van der Waals surface area contributed by atoms with Crippen molar-refractivity contribution in [1.82, 2.24) is 0 Å². The summed E-state index contributed by atoms with van der Waals surface area (Å²) in [6, 6.07) is 10.4. The summed E-state index contributed by atoms with van der Waals surface area (Å²) in [5.41, 5.74) is 2.06. The van der Waals surface area contributed by atoms with Gasteiger partial charge in [0.25, 0.3) is 0 Å². The van der Waals surface area contributed by atoms with Crippen LogP contribution in [0, 0.1) is 29.4 Å². The van der Waals surface area contributed by atoms with Crippen LogP contribution in [0.3, 0.4) is 0 Å². The molecule has 0 N–H and O–H groups in total. The molecule has 2 nitrogen and oxygen atoms in total. The van der Waals surface area contributed by atoms with Gasteiger partial charge in [-0.1, -0.05) is 44.4 Å². The summed E-state index contributed by atoms with van der Waals surface area (Å²) in [5, 5.41) is 0. The van der Waals surface area contributed by atoms with E-state index in [1.54, 1.807) is 18.2 Å². The lowest BCUT2D eigenvalue weighted by Crippen LogP contribution is -2.30. The van der Waals surface area contributed by atoms with E-state index in [1.807, 2.05) is 19.9 Å². The van der Waals surface area contributed by atoms with Crippen LogP contribution >= 0.6 is 0 Å². The molecule has 0 aromatic heterocycles. The average molecular weight is 466 g/mol. The van der Waals surface area contributed by atoms with Crippen LogP contribution in [0.1, 0.15) is 89.2 Å². The zero-order valence-corrected chi connectivity index (χ0v) is 20.7. The molecule has 2 saturated carbocycles. The summed E-state index contributed by atoms with van der Waals surface area (Å²) in [7, 11) is 0. The topological polar surface area (TPSA) is 21.6 Å². The monoisotopic (exact) mass is 465 g/mol. The molecule has 182 valence electrons. The SMILES string of the molecule is CCCC1CCC2CC(c3ccc(-c4ccc(C5=NC(C)(C)CO5)c(F)c4)c(F)c3)CCC2C1. The van der Waals surface area contributed by atoms with E-state index in [0.29, 0.717) is 35.1 Å². The Kier molecular flexibility index (Phi) is 6.52. The number of aliphatic imine (C=N–C) groups is 1. The molecular weight excluding hydrogens is 428 g/mol. The van der Waals surface area contributed by atoms with E-state index in [4.69, 9.17) is 4.74 Å². The molecule has 3 aliphatic rings. The van der Waals surface area contributed by atoms with Crippen LogP contribution in [-0.4, -0.2) is 18.0 Å². The molecule has 0 saturated heterocycles. The maximum Gasteiger partial charge on any atom is 0.219 e. The third kappa shape index (κ3) is 4.78. The maximum atomic E-state index is 15.2. The molecule has 5 rings (SSSR count). The van der Waals surface area contributed by atoms with Crippen LogP contribution in [-0.2, 0) is 4.74 Å². The van der Waals surface area contributed by atoms with Crippen LogP contribution < -0.4 is 0 Å². The first-order chi connectivity index (χ1) is 16.3. The van der Waals surface area contributed by atoms with Gasteiger partial charge in [-0.25, -0.2) is 13.8 Å². The van der Waals surface area contributed by atoms with Crippen molar-refractivity contribution in [2.75, 3.05) is 6.61 Å². The highest BCUT2D eigenvalue weighted by Crippen LogP contribution is 2.48. The second-order valence-electron chi connectivity index (χ2n) is 11.4. The fourth-order valence-electron chi connectivity index (χ4n) is 6.56. The van der Waals surface area contributed by atoms with Crippen LogP contribution in [0.15, 0.2) is 41.4 Å². The molecule has 0 spiro atoms. The summed E-state index contributed by atoms with van der Waals surface area (Å²) < 4.78 is 35.7. The highest BCUT2D eigenvalue weighted by Gasteiger charge is 2.36. The molecule has 0 amide bonds. The minimum atomic E-state index is -0.436. The molecule has 4 unspecified atom stereocenters. The van der Waals surface area contributed by atoms with Gasteiger partial charge in [0.15, 0.2) is 0 Å². The lowest BCUT2D eigenvalue weighted by molar-refractivity contribution is 0.114. The van der Waals surface area contributed by atoms with Gasteiger partial charge in [-0.3, -0.25) is 0 Å². The normalized spacial score (nSPS) is 28.2. The number of fused-ring (bicyclic) bond motifs is 1. The van der Waals surface area contributed by atoms with Crippen molar-refractivity contribution in [3.63, 3.8) is 0 Å². The number of benzene rings is 2. The summed E-state index contributed by atoms with van der Waals surface area (Å²) in [6.45, 7) is 6.63. The van der Waals surface area contributed by atoms with Crippen LogP contribution in [0.2, 0.25) is 0 Å². The first-order valence-corrected chi connectivity index (χ1v) is 13.2. The number of halogens is 2. The van der Waals surface area contributed by atoms with Gasteiger partial charge >= 0.3 is 0 Å². The quantitative estimate of drug-likeness (QED) is 0.435. The summed E-state index contributed by atoms with van der Waals surface area (Å²) in [4.78, 5) is 4.46. The Bertz CT molecular complexity index is 1080. The Hall–Kier alpha value is -2.23. The molecule has 34 heavy (non-hydrogen) atoms. The van der Waals surface area contributed by atoms with Gasteiger partial charge in [0.2, 0.25) is 5.90 Å². The van der Waals surface area contributed by atoms with E-state index < -0.39 is 5.82 Å². The predicted octanol–water partition coefficient (Wildman–Crippen LogP) is 8.29. The first-order valence-electron chi connectivity index (χ1n) is 13.2. The standard InChI is InChI=1S/C30H37F2NO/c1-4-5-19-6-7-21-15-22(9-8-20(21)14-19)23-10-12-25(27(31)16-23)24-11-13-26(28(32)17-24)29-33-30(2,3)18-34-29/h10-13,16-17,19-22H,4-9,14-15,18H2,1-3H3. The van der Waals surface area contributed by atoms with Crippen LogP contribution in [0.25, 0.3) is 11.1 Å². The second-order valence-corrected chi connectivity index (χ2v) is 11.4. The highest BCUT2D eigenvalue weighted by atomic mass is 19.1. The molecular formula is C30H37F2NO. The molecule has 2 aromatic carbocycles. The minimum absolute atomic E-state index is 0.269. The molecule has 2 aliphatic carbocycles. The summed E-state index contributed by atoms with van der Waals surface area (Å²) in [6.07, 6.45) is 10.4. The molecule has 0 bridgehead atoms. The van der Waals surface area contributed by atoms with E-state index in [0.717, 1.165) is 29.7 Å². The third-order valence-corrected chi connectivity index (χ3v) is 8.36. The molecule has 4 atom stereocenters. The third-order valence-electron chi connectivity index (χ3n) is 8.36. The number of nitrogens with zero attached hydrogens (tertiary/aromatic N) is 1. The molecule has 2 fully saturated rings. The smallest absolute Gasteiger partial charge is 0.219 e. The molecule has 2 aromatic rings. The molecule has 1 heterocycles. The Morgan fingerprint density at radius 1 is 0.912 bits per heavy atom. The van der Waals surface area contributed by atoms with Gasteiger partial charge in [0.1, 0.15) is 18.2 Å². The van der Waals surface area contributed by atoms with Gasteiger partial charge in [-0.05, 0) is 98.9 Å². The summed E-state index contributed by atoms with van der Waals surface area (Å²) in [5.74, 6) is 2.64. The zero-order valence-electron chi connectivity index (χ0n) is 20.7. The van der Waals surface area contributed by atoms with E-state index in [2.05, 4.69) is 18.0 Å². The molecule has 0 radical (unpaired) electrons. The van der Waals surface area contributed by atoms with E-state index in [-0.39, 0.29) is 11.4 Å². The first kappa shape index (κ1) is 23.5. The van der Waals surface area contributed by atoms with Crippen LogP contribution in [0.5, 0.6) is 0 Å². The molecule has 4 heteroatoms. The van der Waals surface area contributed by atoms with Crippen molar-refractivity contribution in [1.29, 1.82) is 0 Å². The summed E-state index contributed by atoms with van der Waals surface area (Å²) >= 11 is 0. The van der Waals surface area contributed by atoms with E-state index >= 15 is 4.39 Å². The van der Waals surface area contributed by atoms with Crippen molar-refractivity contribution < 1.29 is 13.5 Å².